The molecule has 1 aliphatic rings. The van der Waals surface area contributed by atoms with E-state index in [1.807, 2.05) is 36.4 Å². The van der Waals surface area contributed by atoms with Crippen LogP contribution in [-0.4, -0.2) is 50.3 Å². The zero-order chi connectivity index (χ0) is 28.7. The van der Waals surface area contributed by atoms with Gasteiger partial charge in [-0.3, -0.25) is 13.9 Å². The van der Waals surface area contributed by atoms with E-state index in [2.05, 4.69) is 5.32 Å². The number of benzene rings is 3. The number of sulfonamides is 1. The highest BCUT2D eigenvalue weighted by atomic mass is 35.5. The fourth-order valence-electron chi connectivity index (χ4n) is 5.05. The van der Waals surface area contributed by atoms with Gasteiger partial charge < -0.3 is 10.2 Å². The molecule has 0 radical (unpaired) electrons. The summed E-state index contributed by atoms with van der Waals surface area (Å²) < 4.78 is 28.9. The number of amides is 2. The third-order valence-corrected chi connectivity index (χ3v) is 9.44. The zero-order valence-electron chi connectivity index (χ0n) is 22.9. The Morgan fingerprint density at radius 1 is 0.950 bits per heavy atom. The number of rotatable bonds is 11. The van der Waals surface area contributed by atoms with E-state index in [-0.39, 0.29) is 23.4 Å². The molecule has 212 valence electrons. The second-order valence-electron chi connectivity index (χ2n) is 10.2. The lowest BCUT2D eigenvalue weighted by Crippen LogP contribution is -2.53. The summed E-state index contributed by atoms with van der Waals surface area (Å²) in [6, 6.07) is 22.0. The Morgan fingerprint density at radius 2 is 1.57 bits per heavy atom. The van der Waals surface area contributed by atoms with Crippen LogP contribution in [0.2, 0.25) is 5.02 Å². The molecule has 2 amide bonds. The highest BCUT2D eigenvalue weighted by Crippen LogP contribution is 2.28. The van der Waals surface area contributed by atoms with Gasteiger partial charge in [-0.25, -0.2) is 8.42 Å². The molecule has 0 unspecified atom stereocenters. The average molecular weight is 582 g/mol. The molecule has 0 bridgehead atoms. The number of nitrogens with zero attached hydrogens (tertiary/aromatic N) is 2. The monoisotopic (exact) mass is 581 g/mol. The van der Waals surface area contributed by atoms with E-state index in [1.54, 1.807) is 32.0 Å². The van der Waals surface area contributed by atoms with Crippen LogP contribution < -0.4 is 9.62 Å². The molecule has 0 heterocycles. The van der Waals surface area contributed by atoms with Crippen LogP contribution in [0.3, 0.4) is 0 Å². The number of para-hydroxylation sites is 1. The molecule has 1 N–H and O–H groups in total. The molecule has 0 aliphatic heterocycles. The summed E-state index contributed by atoms with van der Waals surface area (Å²) in [5.74, 6) is -0.679. The molecule has 1 saturated carbocycles. The summed E-state index contributed by atoms with van der Waals surface area (Å²) in [5.41, 5.74) is 2.13. The Balaban J connectivity index is 1.65. The van der Waals surface area contributed by atoms with Gasteiger partial charge in [0.2, 0.25) is 11.8 Å². The van der Waals surface area contributed by atoms with Crippen molar-refractivity contribution in [3.8, 4) is 0 Å². The Morgan fingerprint density at radius 3 is 2.23 bits per heavy atom. The predicted octanol–water partition coefficient (Wildman–Crippen LogP) is 5.36. The van der Waals surface area contributed by atoms with Gasteiger partial charge in [-0.05, 0) is 74.6 Å². The summed E-state index contributed by atoms with van der Waals surface area (Å²) in [6.45, 7) is 3.32. The van der Waals surface area contributed by atoms with Crippen LogP contribution in [0.25, 0.3) is 0 Å². The molecule has 0 aromatic heterocycles. The maximum absolute atomic E-state index is 14.0. The third-order valence-electron chi connectivity index (χ3n) is 7.42. The smallest absolute Gasteiger partial charge is 0.264 e. The first-order chi connectivity index (χ1) is 19.2. The quantitative estimate of drug-likeness (QED) is 0.330. The van der Waals surface area contributed by atoms with Crippen molar-refractivity contribution in [3.05, 3.63) is 95.0 Å². The van der Waals surface area contributed by atoms with Crippen molar-refractivity contribution in [2.75, 3.05) is 17.4 Å². The summed E-state index contributed by atoms with van der Waals surface area (Å²) in [6.07, 6.45) is 4.53. The Labute approximate surface area is 242 Å². The molecule has 1 fully saturated rings. The lowest BCUT2D eigenvalue weighted by atomic mass is 10.1. The van der Waals surface area contributed by atoms with Gasteiger partial charge in [0, 0.05) is 17.6 Å². The number of halogens is 1. The number of anilines is 1. The molecule has 7 nitrogen and oxygen atoms in total. The van der Waals surface area contributed by atoms with Crippen molar-refractivity contribution in [3.63, 3.8) is 0 Å². The van der Waals surface area contributed by atoms with Crippen LogP contribution in [0.1, 0.15) is 43.7 Å². The van der Waals surface area contributed by atoms with Gasteiger partial charge in [0.15, 0.2) is 0 Å². The maximum Gasteiger partial charge on any atom is 0.264 e. The van der Waals surface area contributed by atoms with Crippen LogP contribution >= 0.6 is 11.6 Å². The van der Waals surface area contributed by atoms with E-state index in [1.165, 1.54) is 29.2 Å². The first-order valence-electron chi connectivity index (χ1n) is 13.6. The first kappa shape index (κ1) is 29.6. The van der Waals surface area contributed by atoms with Gasteiger partial charge in [0.05, 0.1) is 10.6 Å². The van der Waals surface area contributed by atoms with E-state index >= 15 is 0 Å². The lowest BCUT2D eigenvalue weighted by molar-refractivity contribution is -0.139. The Bertz CT molecular complexity index is 1410. The second kappa shape index (κ2) is 13.3. The van der Waals surface area contributed by atoms with Crippen molar-refractivity contribution >= 4 is 39.1 Å². The number of carbonyl (C=O) groups is 2. The maximum atomic E-state index is 14.0. The van der Waals surface area contributed by atoms with E-state index < -0.39 is 28.5 Å². The molecule has 0 spiro atoms. The third kappa shape index (κ3) is 7.23. The molecule has 1 aliphatic carbocycles. The van der Waals surface area contributed by atoms with Crippen molar-refractivity contribution in [2.45, 2.75) is 62.9 Å². The van der Waals surface area contributed by atoms with E-state index in [0.29, 0.717) is 22.7 Å². The standard InChI is InChI=1S/C31H36ClN3O4S/c1-23-10-6-9-15-29(23)35(40(38,39)28-18-16-26(32)17-19-28)22-30(36)34(21-20-25-11-4-3-5-12-25)24(2)31(37)33-27-13-7-8-14-27/h3-6,9-12,15-19,24,27H,7-8,13-14,20-22H2,1-2H3,(H,33,37)/t24-/m1/s1. The number of nitrogens with one attached hydrogen (secondary N) is 1. The molecule has 0 saturated heterocycles. The minimum Gasteiger partial charge on any atom is -0.352 e. The van der Waals surface area contributed by atoms with Crippen LogP contribution in [-0.2, 0) is 26.0 Å². The van der Waals surface area contributed by atoms with Crippen molar-refractivity contribution in [2.24, 2.45) is 0 Å². The number of carbonyl (C=O) groups excluding carboxylic acids is 2. The summed E-state index contributed by atoms with van der Waals surface area (Å²) in [5, 5.41) is 3.50. The van der Waals surface area contributed by atoms with E-state index in [4.69, 9.17) is 11.6 Å². The van der Waals surface area contributed by atoms with Gasteiger partial charge in [0.25, 0.3) is 10.0 Å². The highest BCUT2D eigenvalue weighted by molar-refractivity contribution is 7.92. The van der Waals surface area contributed by atoms with Gasteiger partial charge in [0.1, 0.15) is 12.6 Å². The summed E-state index contributed by atoms with van der Waals surface area (Å²) in [4.78, 5) is 28.8. The summed E-state index contributed by atoms with van der Waals surface area (Å²) in [7, 11) is -4.13. The molecule has 9 heteroatoms. The van der Waals surface area contributed by atoms with Crippen molar-refractivity contribution < 1.29 is 18.0 Å². The van der Waals surface area contributed by atoms with Crippen LogP contribution in [0.4, 0.5) is 5.69 Å². The molecule has 40 heavy (non-hydrogen) atoms. The molecule has 4 rings (SSSR count). The van der Waals surface area contributed by atoms with Crippen molar-refractivity contribution in [1.29, 1.82) is 0 Å². The van der Waals surface area contributed by atoms with Crippen LogP contribution in [0.15, 0.2) is 83.8 Å². The van der Waals surface area contributed by atoms with Gasteiger partial charge >= 0.3 is 0 Å². The Kier molecular flexibility index (Phi) is 9.87. The van der Waals surface area contributed by atoms with E-state index in [9.17, 15) is 18.0 Å². The Hall–Kier alpha value is -3.36. The van der Waals surface area contributed by atoms with Gasteiger partial charge in [-0.15, -0.1) is 0 Å². The van der Waals surface area contributed by atoms with Crippen molar-refractivity contribution in [1.82, 2.24) is 10.2 Å². The SMILES string of the molecule is Cc1ccccc1N(CC(=O)N(CCc1ccccc1)[C@H](C)C(=O)NC1CCCC1)S(=O)(=O)c1ccc(Cl)cc1. The summed E-state index contributed by atoms with van der Waals surface area (Å²) >= 11 is 6.01. The van der Waals surface area contributed by atoms with Gasteiger partial charge in [-0.1, -0.05) is 73.0 Å². The van der Waals surface area contributed by atoms with Crippen LogP contribution in [0, 0.1) is 6.92 Å². The fraction of sp³-hybridized carbons (Fsp3) is 0.355. The normalized spacial score (nSPS) is 14.5. The number of hydrogen-bond donors (Lipinski definition) is 1. The molecular formula is C31H36ClN3O4S. The van der Waals surface area contributed by atoms with Gasteiger partial charge in [-0.2, -0.15) is 0 Å². The highest BCUT2D eigenvalue weighted by Gasteiger charge is 2.33. The molecule has 3 aromatic carbocycles. The topological polar surface area (TPSA) is 86.8 Å². The first-order valence-corrected chi connectivity index (χ1v) is 15.5. The molecular weight excluding hydrogens is 546 g/mol. The fourth-order valence-corrected chi connectivity index (χ4v) is 6.66. The average Bonchev–Trinajstić information content (AvgIpc) is 3.46. The zero-order valence-corrected chi connectivity index (χ0v) is 24.5. The minimum atomic E-state index is -4.13. The largest absolute Gasteiger partial charge is 0.352 e. The lowest BCUT2D eigenvalue weighted by Gasteiger charge is -2.33. The van der Waals surface area contributed by atoms with Crippen LogP contribution in [0.5, 0.6) is 0 Å². The van der Waals surface area contributed by atoms with E-state index in [0.717, 1.165) is 35.6 Å². The predicted molar refractivity (Wildman–Crippen MR) is 159 cm³/mol. The molecule has 1 atom stereocenters. The second-order valence-corrected chi connectivity index (χ2v) is 12.5. The number of hydrogen-bond acceptors (Lipinski definition) is 4. The number of aryl methyl sites for hydroxylation is 1. The molecule has 3 aromatic rings. The minimum absolute atomic E-state index is 0.0239.